The minimum atomic E-state index is -0.570. The number of carbonyl (C=O) groups excluding carboxylic acids is 1. The van der Waals surface area contributed by atoms with Crippen LogP contribution in [0.1, 0.15) is 42.5 Å². The van der Waals surface area contributed by atoms with Crippen molar-refractivity contribution < 1.29 is 13.9 Å². The summed E-state index contributed by atoms with van der Waals surface area (Å²) in [5.41, 5.74) is 0.235. The van der Waals surface area contributed by atoms with Gasteiger partial charge in [-0.15, -0.1) is 0 Å². The third-order valence-electron chi connectivity index (χ3n) is 3.38. The Kier molecular flexibility index (Phi) is 5.08. The maximum atomic E-state index is 13.7. The van der Waals surface area contributed by atoms with Crippen LogP contribution in [0.4, 0.5) is 4.39 Å². The highest BCUT2D eigenvalue weighted by atomic mass is 19.1. The van der Waals surface area contributed by atoms with Crippen molar-refractivity contribution in [1.82, 2.24) is 20.1 Å². The smallest absolute Gasteiger partial charge is 0.251 e. The van der Waals surface area contributed by atoms with E-state index in [0.29, 0.717) is 18.8 Å². The molecule has 0 aliphatic carbocycles. The van der Waals surface area contributed by atoms with Crippen molar-refractivity contribution >= 4 is 5.91 Å². The summed E-state index contributed by atoms with van der Waals surface area (Å²) in [6.45, 7) is 4.55. The van der Waals surface area contributed by atoms with E-state index in [9.17, 15) is 9.18 Å². The molecular weight excluding hydrogens is 287 g/mol. The fourth-order valence-electron chi connectivity index (χ4n) is 2.18. The van der Waals surface area contributed by atoms with Crippen LogP contribution in [0.2, 0.25) is 0 Å². The number of nitrogens with zero attached hydrogens (tertiary/aromatic N) is 3. The number of benzene rings is 1. The summed E-state index contributed by atoms with van der Waals surface area (Å²) in [6, 6.07) is 3.83. The molecule has 1 aromatic heterocycles. The summed E-state index contributed by atoms with van der Waals surface area (Å²) in [6.07, 6.45) is 2.11. The number of hydrogen-bond donors (Lipinski definition) is 1. The van der Waals surface area contributed by atoms with Crippen LogP contribution in [0, 0.1) is 5.82 Å². The second-order valence-electron chi connectivity index (χ2n) is 4.72. The van der Waals surface area contributed by atoms with E-state index in [1.54, 1.807) is 4.68 Å². The van der Waals surface area contributed by atoms with Crippen LogP contribution in [-0.4, -0.2) is 27.8 Å². The number of amides is 1. The van der Waals surface area contributed by atoms with Crippen molar-refractivity contribution in [1.29, 1.82) is 0 Å². The number of hydrogen-bond acceptors (Lipinski definition) is 4. The molecule has 0 aliphatic heterocycles. The molecule has 1 heterocycles. The van der Waals surface area contributed by atoms with E-state index in [2.05, 4.69) is 15.4 Å². The molecule has 0 bridgehead atoms. The molecule has 0 saturated carbocycles. The Balaban J connectivity index is 2.17. The fourth-order valence-corrected chi connectivity index (χ4v) is 2.18. The molecule has 22 heavy (non-hydrogen) atoms. The van der Waals surface area contributed by atoms with E-state index in [4.69, 9.17) is 4.74 Å². The number of aromatic nitrogens is 3. The molecule has 0 saturated heterocycles. The molecule has 0 radical (unpaired) electrons. The molecule has 0 fully saturated rings. The lowest BCUT2D eigenvalue weighted by Crippen LogP contribution is -2.30. The van der Waals surface area contributed by atoms with E-state index < -0.39 is 5.82 Å². The van der Waals surface area contributed by atoms with Crippen LogP contribution in [0.3, 0.4) is 0 Å². The van der Waals surface area contributed by atoms with Crippen LogP contribution in [0.25, 0.3) is 0 Å². The molecule has 7 heteroatoms. The van der Waals surface area contributed by atoms with Crippen LogP contribution in [0.5, 0.6) is 5.75 Å². The molecule has 118 valence electrons. The van der Waals surface area contributed by atoms with Gasteiger partial charge < -0.3 is 10.1 Å². The molecule has 1 N–H and O–H groups in total. The fraction of sp³-hybridized carbons (Fsp3) is 0.400. The highest BCUT2D eigenvalue weighted by Gasteiger charge is 2.19. The number of carbonyl (C=O) groups is 1. The average Bonchev–Trinajstić information content (AvgIpc) is 3.00. The minimum absolute atomic E-state index is 0.106. The van der Waals surface area contributed by atoms with Crippen LogP contribution < -0.4 is 10.1 Å². The zero-order valence-electron chi connectivity index (χ0n) is 12.8. The van der Waals surface area contributed by atoms with Gasteiger partial charge in [-0.25, -0.2) is 14.1 Å². The number of aryl methyl sites for hydroxylation is 1. The lowest BCUT2D eigenvalue weighted by atomic mass is 10.1. The lowest BCUT2D eigenvalue weighted by Gasteiger charge is -2.17. The second-order valence-corrected chi connectivity index (χ2v) is 4.72. The van der Waals surface area contributed by atoms with Gasteiger partial charge in [0.25, 0.3) is 5.91 Å². The third kappa shape index (κ3) is 3.24. The first-order chi connectivity index (χ1) is 10.6. The van der Waals surface area contributed by atoms with Gasteiger partial charge in [0, 0.05) is 12.1 Å². The van der Waals surface area contributed by atoms with Crippen LogP contribution in [-0.2, 0) is 6.54 Å². The largest absolute Gasteiger partial charge is 0.494 e. The number of nitrogens with one attached hydrogen (secondary N) is 1. The molecule has 6 nitrogen and oxygen atoms in total. The molecule has 2 rings (SSSR count). The zero-order chi connectivity index (χ0) is 16.1. The average molecular weight is 306 g/mol. The van der Waals surface area contributed by atoms with Gasteiger partial charge in [0.05, 0.1) is 13.2 Å². The number of halogens is 1. The first kappa shape index (κ1) is 15.9. The Bertz CT molecular complexity index is 657. The lowest BCUT2D eigenvalue weighted by molar-refractivity contribution is 0.0932. The highest BCUT2D eigenvalue weighted by Crippen LogP contribution is 2.19. The summed E-state index contributed by atoms with van der Waals surface area (Å²) < 4.78 is 20.3. The quantitative estimate of drug-likeness (QED) is 0.889. The molecule has 0 aliphatic rings. The van der Waals surface area contributed by atoms with E-state index in [1.165, 1.54) is 25.6 Å². The van der Waals surface area contributed by atoms with Crippen molar-refractivity contribution in [2.45, 2.75) is 32.9 Å². The molecule has 1 atom stereocenters. The third-order valence-corrected chi connectivity index (χ3v) is 3.38. The number of methoxy groups -OCH3 is 1. The zero-order valence-corrected chi connectivity index (χ0v) is 12.8. The van der Waals surface area contributed by atoms with Gasteiger partial charge in [-0.3, -0.25) is 4.79 Å². The standard InChI is InChI=1S/C15H19FN4O2/c1-4-12(14-17-9-18-20(14)5-2)19-15(21)10-6-7-13(22-3)11(16)8-10/h6-9,12H,4-5H2,1-3H3,(H,19,21). The van der Waals surface area contributed by atoms with Gasteiger partial charge in [0.2, 0.25) is 0 Å². The number of ether oxygens (including phenoxy) is 1. The molecule has 1 amide bonds. The Morgan fingerprint density at radius 2 is 2.23 bits per heavy atom. The SMILES string of the molecule is CCC(NC(=O)c1ccc(OC)c(F)c1)c1ncnn1CC. The minimum Gasteiger partial charge on any atom is -0.494 e. The summed E-state index contributed by atoms with van der Waals surface area (Å²) in [7, 11) is 1.38. The maximum Gasteiger partial charge on any atom is 0.251 e. The van der Waals surface area contributed by atoms with Crippen molar-refractivity contribution in [2.75, 3.05) is 7.11 Å². The normalized spacial score (nSPS) is 12.0. The Morgan fingerprint density at radius 1 is 1.45 bits per heavy atom. The first-order valence-electron chi connectivity index (χ1n) is 7.12. The van der Waals surface area contributed by atoms with E-state index in [1.807, 2.05) is 13.8 Å². The van der Waals surface area contributed by atoms with Gasteiger partial charge in [0.1, 0.15) is 12.2 Å². The van der Waals surface area contributed by atoms with Gasteiger partial charge in [-0.1, -0.05) is 6.92 Å². The first-order valence-corrected chi connectivity index (χ1v) is 7.12. The topological polar surface area (TPSA) is 69.0 Å². The second kappa shape index (κ2) is 7.02. The van der Waals surface area contributed by atoms with Crippen molar-refractivity contribution in [3.05, 3.63) is 41.7 Å². The van der Waals surface area contributed by atoms with Crippen molar-refractivity contribution in [3.8, 4) is 5.75 Å². The predicted molar refractivity (Wildman–Crippen MR) is 79.1 cm³/mol. The predicted octanol–water partition coefficient (Wildman–Crippen LogP) is 2.33. The summed E-state index contributed by atoms with van der Waals surface area (Å²) in [5, 5.41) is 6.95. The Morgan fingerprint density at radius 3 is 2.82 bits per heavy atom. The summed E-state index contributed by atoms with van der Waals surface area (Å²) >= 11 is 0. The van der Waals surface area contributed by atoms with Gasteiger partial charge in [-0.05, 0) is 31.5 Å². The monoisotopic (exact) mass is 306 g/mol. The molecule has 1 aromatic carbocycles. The van der Waals surface area contributed by atoms with Gasteiger partial charge in [0.15, 0.2) is 11.6 Å². The summed E-state index contributed by atoms with van der Waals surface area (Å²) in [4.78, 5) is 16.5. The Hall–Kier alpha value is -2.44. The summed E-state index contributed by atoms with van der Waals surface area (Å²) in [5.74, 6) is -0.138. The number of rotatable bonds is 6. The van der Waals surface area contributed by atoms with Crippen molar-refractivity contribution in [3.63, 3.8) is 0 Å². The van der Waals surface area contributed by atoms with E-state index in [-0.39, 0.29) is 23.3 Å². The van der Waals surface area contributed by atoms with Crippen LogP contribution in [0.15, 0.2) is 24.5 Å². The Labute approximate surface area is 128 Å². The van der Waals surface area contributed by atoms with Gasteiger partial charge in [-0.2, -0.15) is 5.10 Å². The molecule has 2 aromatic rings. The van der Waals surface area contributed by atoms with E-state index in [0.717, 1.165) is 6.07 Å². The maximum absolute atomic E-state index is 13.7. The van der Waals surface area contributed by atoms with Crippen LogP contribution >= 0.6 is 0 Å². The molecule has 0 spiro atoms. The molecular formula is C15H19FN4O2. The highest BCUT2D eigenvalue weighted by molar-refractivity contribution is 5.94. The van der Waals surface area contributed by atoms with Gasteiger partial charge >= 0.3 is 0 Å². The molecule has 1 unspecified atom stereocenters. The van der Waals surface area contributed by atoms with E-state index >= 15 is 0 Å². The van der Waals surface area contributed by atoms with Crippen molar-refractivity contribution in [2.24, 2.45) is 0 Å².